The Morgan fingerprint density at radius 3 is 1.56 bits per heavy atom. The summed E-state index contributed by atoms with van der Waals surface area (Å²) in [5.74, 6) is 1.63. The van der Waals surface area contributed by atoms with E-state index in [-0.39, 0.29) is 33.8 Å². The topological polar surface area (TPSA) is 24.3 Å². The lowest BCUT2D eigenvalue weighted by molar-refractivity contribution is 0.574. The van der Waals surface area contributed by atoms with Crippen molar-refractivity contribution < 1.29 is 0 Å². The van der Waals surface area contributed by atoms with E-state index in [4.69, 9.17) is 4.98 Å². The van der Waals surface area contributed by atoms with E-state index in [0.717, 1.165) is 22.4 Å². The first-order valence-electron chi connectivity index (χ1n) is 29.5. The van der Waals surface area contributed by atoms with Gasteiger partial charge in [0.15, 0.2) is 0 Å². The maximum atomic E-state index is 5.46. The zero-order valence-electron chi connectivity index (χ0n) is 50.7. The molecule has 0 saturated heterocycles. The Morgan fingerprint density at radius 2 is 0.963 bits per heavy atom. The molecule has 4 nitrogen and oxygen atoms in total. The molecule has 0 spiro atoms. The highest BCUT2D eigenvalue weighted by molar-refractivity contribution is 7.99. The van der Waals surface area contributed by atoms with Crippen LogP contribution in [-0.2, 0) is 27.1 Å². The molecule has 9 aromatic rings. The minimum absolute atomic E-state index is 0.000599. The third-order valence-corrected chi connectivity index (χ3v) is 19.4. The fraction of sp³-hybridized carbons (Fsp3) is 0.338. The zero-order chi connectivity index (χ0) is 56.7. The van der Waals surface area contributed by atoms with Gasteiger partial charge >= 0.3 is 0 Å². The van der Waals surface area contributed by atoms with Crippen molar-refractivity contribution >= 4 is 80.0 Å². The average molecular weight is 1070 g/mol. The van der Waals surface area contributed by atoms with Gasteiger partial charge in [0.25, 0.3) is 6.71 Å². The van der Waals surface area contributed by atoms with E-state index < -0.39 is 0 Å². The first-order valence-corrected chi connectivity index (χ1v) is 30.3. The van der Waals surface area contributed by atoms with Crippen LogP contribution in [-0.4, -0.2) is 16.3 Å². The summed E-state index contributed by atoms with van der Waals surface area (Å²) in [6, 6.07) is 55.0. The number of rotatable bonds is 5. The molecule has 0 amide bonds. The van der Waals surface area contributed by atoms with Gasteiger partial charge in [0.1, 0.15) is 5.82 Å². The van der Waals surface area contributed by atoms with Crippen molar-refractivity contribution in [2.75, 3.05) is 9.80 Å². The first-order chi connectivity index (χ1) is 37.6. The second-order valence-electron chi connectivity index (χ2n) is 29.0. The van der Waals surface area contributed by atoms with Gasteiger partial charge in [-0.05, 0) is 154 Å². The normalized spacial score (nSPS) is 15.1. The Hall–Kier alpha value is -6.76. The summed E-state index contributed by atoms with van der Waals surface area (Å²) < 4.78 is 2.45. The Bertz CT molecular complexity index is 4040. The highest BCUT2D eigenvalue weighted by Crippen LogP contribution is 2.59. The summed E-state index contributed by atoms with van der Waals surface area (Å²) >= 11 is 1.97. The fourth-order valence-electron chi connectivity index (χ4n) is 13.5. The molecule has 0 atom stereocenters. The van der Waals surface area contributed by atoms with Gasteiger partial charge < -0.3 is 9.80 Å². The van der Waals surface area contributed by atoms with Crippen LogP contribution in [0.4, 0.5) is 34.1 Å². The summed E-state index contributed by atoms with van der Waals surface area (Å²) in [6.45, 7) is 42.6. The van der Waals surface area contributed by atoms with E-state index in [1.54, 1.807) is 0 Å². The molecule has 80 heavy (non-hydrogen) atoms. The molecule has 0 N–H and O–H groups in total. The van der Waals surface area contributed by atoms with Crippen LogP contribution in [0.5, 0.6) is 0 Å². The average Bonchev–Trinajstić information content (AvgIpc) is 1.08. The van der Waals surface area contributed by atoms with Crippen LogP contribution >= 0.6 is 11.8 Å². The number of nitrogens with zero attached hydrogens (tertiary/aromatic N) is 4. The molecule has 13 rings (SSSR count). The van der Waals surface area contributed by atoms with Gasteiger partial charge in [-0.3, -0.25) is 4.57 Å². The summed E-state index contributed by atoms with van der Waals surface area (Å²) in [4.78, 5) is 13.5. The zero-order valence-corrected chi connectivity index (χ0v) is 51.5. The highest BCUT2D eigenvalue weighted by Gasteiger charge is 2.51. The van der Waals surface area contributed by atoms with Gasteiger partial charge in [-0.1, -0.05) is 227 Å². The van der Waals surface area contributed by atoms with Crippen molar-refractivity contribution in [2.24, 2.45) is 0 Å². The molecule has 4 aliphatic rings. The maximum absolute atomic E-state index is 5.46. The van der Waals surface area contributed by atoms with Crippen molar-refractivity contribution in [1.29, 1.82) is 0 Å². The maximum Gasteiger partial charge on any atom is 0.252 e. The Labute approximate surface area is 482 Å². The fourth-order valence-corrected chi connectivity index (χ4v) is 14.7. The minimum Gasteiger partial charge on any atom is -0.311 e. The van der Waals surface area contributed by atoms with E-state index in [0.29, 0.717) is 11.8 Å². The molecular formula is C74H79BN4S. The van der Waals surface area contributed by atoms with Gasteiger partial charge in [0.2, 0.25) is 0 Å². The SMILES string of the molecule is CC(C)c1cccc(C(C)C)c1-n1c(-c2ccc(-c3cc4c5c(c3)N3c6ccc(C(C)(C)C)cc6C(C)(C)c6cc(C(C)(C)C)cc(c63)B5c3cc(C(C)(C)C)cc5c3N4c3ccc(C(C)(C)C)cc3S5)cc2)nc2ccccc21. The molecule has 0 saturated carbocycles. The molecule has 0 fully saturated rings. The van der Waals surface area contributed by atoms with Gasteiger partial charge in [0.05, 0.1) is 33.8 Å². The number of benzene rings is 8. The smallest absolute Gasteiger partial charge is 0.252 e. The number of anilines is 6. The molecule has 404 valence electrons. The first kappa shape index (κ1) is 52.6. The third-order valence-electron chi connectivity index (χ3n) is 18.3. The van der Waals surface area contributed by atoms with Gasteiger partial charge in [-0.2, -0.15) is 0 Å². The second-order valence-corrected chi connectivity index (χ2v) is 30.1. The summed E-state index contributed by atoms with van der Waals surface area (Å²) in [5.41, 5.74) is 29.2. The van der Waals surface area contributed by atoms with E-state index >= 15 is 0 Å². The number of para-hydroxylation sites is 3. The molecule has 0 bridgehead atoms. The highest BCUT2D eigenvalue weighted by atomic mass is 32.2. The van der Waals surface area contributed by atoms with Crippen LogP contribution in [0.15, 0.2) is 149 Å². The molecule has 4 aliphatic heterocycles. The summed E-state index contributed by atoms with van der Waals surface area (Å²) in [6.07, 6.45) is 0. The Kier molecular flexibility index (Phi) is 11.6. The summed E-state index contributed by atoms with van der Waals surface area (Å²) in [7, 11) is 0. The van der Waals surface area contributed by atoms with Crippen molar-refractivity contribution in [2.45, 2.75) is 173 Å². The molecule has 5 heterocycles. The number of aromatic nitrogens is 2. The van der Waals surface area contributed by atoms with Crippen LogP contribution < -0.4 is 26.2 Å². The quantitative estimate of drug-likeness (QED) is 0.160. The van der Waals surface area contributed by atoms with E-state index in [9.17, 15) is 0 Å². The lowest BCUT2D eigenvalue weighted by atomic mass is 9.32. The van der Waals surface area contributed by atoms with Crippen molar-refractivity contribution in [3.63, 3.8) is 0 Å². The third kappa shape index (κ3) is 7.95. The molecule has 0 unspecified atom stereocenters. The number of hydrogen-bond donors (Lipinski definition) is 0. The van der Waals surface area contributed by atoms with Crippen LogP contribution in [0.2, 0.25) is 0 Å². The van der Waals surface area contributed by atoms with Crippen LogP contribution in [0.25, 0.3) is 39.2 Å². The predicted molar refractivity (Wildman–Crippen MR) is 345 cm³/mol. The van der Waals surface area contributed by atoms with Crippen molar-refractivity contribution in [3.8, 4) is 28.2 Å². The van der Waals surface area contributed by atoms with Crippen molar-refractivity contribution in [3.05, 3.63) is 184 Å². The second kappa shape index (κ2) is 17.6. The standard InChI is InChI=1S/C74H79BN4S/c1-42(2)51-22-21-23-52(43(3)4)66(51)79-59-25-20-19-24-57(59)76-69(79)45-28-26-44(27-29-45)46-34-61-65-62(35-46)78-60-33-31-48(71(8,9)10)40-63(60)80-64-41-50(73(14,15)16)39-56(68(64)78)75(65)55-38-49(72(11,12)13)37-54-67(55)77(61)58-32-30-47(70(5,6)7)36-53(58)74(54,17)18/h19-43H,1-18H3. The minimum atomic E-state index is -0.277. The van der Waals surface area contributed by atoms with Crippen LogP contribution in [0.3, 0.4) is 0 Å². The molecule has 0 aliphatic carbocycles. The molecule has 1 aromatic heterocycles. The monoisotopic (exact) mass is 1070 g/mol. The van der Waals surface area contributed by atoms with Gasteiger partial charge in [-0.15, -0.1) is 0 Å². The number of hydrogen-bond acceptors (Lipinski definition) is 4. The predicted octanol–water partition coefficient (Wildman–Crippen LogP) is 19.0. The van der Waals surface area contributed by atoms with E-state index in [1.807, 2.05) is 11.8 Å². The number of imidazole rings is 1. The summed E-state index contributed by atoms with van der Waals surface area (Å²) in [5, 5.41) is 0. The lowest BCUT2D eigenvalue weighted by Gasteiger charge is -2.51. The number of fused-ring (bicyclic) bond motifs is 9. The Morgan fingerprint density at radius 1 is 0.450 bits per heavy atom. The molecule has 6 heteroatoms. The largest absolute Gasteiger partial charge is 0.311 e. The molecular weight excluding hydrogens is 988 g/mol. The Balaban J connectivity index is 1.11. The van der Waals surface area contributed by atoms with Crippen LogP contribution in [0.1, 0.15) is 181 Å². The van der Waals surface area contributed by atoms with Crippen LogP contribution in [0, 0.1) is 0 Å². The van der Waals surface area contributed by atoms with Crippen molar-refractivity contribution in [1.82, 2.24) is 9.55 Å². The lowest BCUT2D eigenvalue weighted by Crippen LogP contribution is -2.63. The van der Waals surface area contributed by atoms with Gasteiger partial charge in [0, 0.05) is 37.8 Å². The molecule has 8 aromatic carbocycles. The van der Waals surface area contributed by atoms with E-state index in [2.05, 4.69) is 279 Å². The molecule has 0 radical (unpaired) electrons. The van der Waals surface area contributed by atoms with E-state index in [1.165, 1.54) is 122 Å². The van der Waals surface area contributed by atoms with Gasteiger partial charge in [-0.25, -0.2) is 4.98 Å².